The molecule has 0 unspecified atom stereocenters. The summed E-state index contributed by atoms with van der Waals surface area (Å²) in [6.07, 6.45) is 5.94. The summed E-state index contributed by atoms with van der Waals surface area (Å²) in [5, 5.41) is 3.05. The van der Waals surface area contributed by atoms with Gasteiger partial charge in [0.15, 0.2) is 0 Å². The number of allylic oxidation sites excluding steroid dienone is 1. The first-order valence-electron chi connectivity index (χ1n) is 23.7. The van der Waals surface area contributed by atoms with Crippen molar-refractivity contribution in [3.63, 3.8) is 0 Å². The largest absolute Gasteiger partial charge is 0.491 e. The van der Waals surface area contributed by atoms with Crippen molar-refractivity contribution in [3.05, 3.63) is 191 Å². The first-order chi connectivity index (χ1) is 33.1. The highest BCUT2D eigenvalue weighted by molar-refractivity contribution is 5.96. The second-order valence-corrected chi connectivity index (χ2v) is 17.0. The van der Waals surface area contributed by atoms with Crippen LogP contribution in [0.1, 0.15) is 83.0 Å². The molecule has 6 aromatic carbocycles. The van der Waals surface area contributed by atoms with Gasteiger partial charge in [0.25, 0.3) is 11.8 Å². The number of benzene rings is 6. The molecule has 2 aliphatic heterocycles. The normalized spacial score (nSPS) is 13.4. The Kier molecular flexibility index (Phi) is 14.8. The zero-order valence-electron chi connectivity index (χ0n) is 40.3. The number of nitrogens with zero attached hydrogens (tertiary/aromatic N) is 5. The number of imidazole rings is 1. The van der Waals surface area contributed by atoms with Gasteiger partial charge < -0.3 is 24.5 Å². The molecule has 2 N–H and O–H groups in total. The molecule has 8 aromatic rings. The predicted molar refractivity (Wildman–Crippen MR) is 278 cm³/mol. The van der Waals surface area contributed by atoms with Crippen LogP contribution in [0.5, 0.6) is 5.75 Å². The molecule has 68 heavy (non-hydrogen) atoms. The molecule has 0 spiro atoms. The summed E-state index contributed by atoms with van der Waals surface area (Å²) in [5.41, 5.74) is 18.7. The van der Waals surface area contributed by atoms with E-state index in [0.717, 1.165) is 97.5 Å². The molecule has 4 heterocycles. The molecule has 2 aromatic heterocycles. The molecule has 0 atom stereocenters. The Morgan fingerprint density at radius 3 is 2.19 bits per heavy atom. The van der Waals surface area contributed by atoms with Crippen molar-refractivity contribution in [3.8, 4) is 28.0 Å². The highest BCUT2D eigenvalue weighted by Gasteiger charge is 2.24. The molecule has 10 nitrogen and oxygen atoms in total. The quantitative estimate of drug-likeness (QED) is 0.153. The second kappa shape index (κ2) is 21.4. The second-order valence-electron chi connectivity index (χ2n) is 17.0. The van der Waals surface area contributed by atoms with E-state index in [1.165, 1.54) is 16.7 Å². The fourth-order valence-corrected chi connectivity index (χ4v) is 9.03. The number of hydrazine groups is 1. The van der Waals surface area contributed by atoms with Crippen LogP contribution in [-0.2, 0) is 19.5 Å². The Bertz CT molecular complexity index is 3110. The van der Waals surface area contributed by atoms with E-state index >= 15 is 0 Å². The average molecular weight is 906 g/mol. The maximum atomic E-state index is 13.4. The van der Waals surface area contributed by atoms with Crippen LogP contribution in [0.2, 0.25) is 0 Å². The van der Waals surface area contributed by atoms with Gasteiger partial charge in [-0.2, -0.15) is 0 Å². The lowest BCUT2D eigenvalue weighted by atomic mass is 9.97. The minimum Gasteiger partial charge on any atom is -0.491 e. The number of carbonyl (C=O) groups excluding carboxylic acids is 2. The van der Waals surface area contributed by atoms with Crippen molar-refractivity contribution in [1.82, 2.24) is 35.2 Å². The molecule has 0 saturated carbocycles. The summed E-state index contributed by atoms with van der Waals surface area (Å²) in [6, 6.07) is 45.1. The molecule has 0 bridgehead atoms. The number of rotatable bonds is 7. The van der Waals surface area contributed by atoms with Gasteiger partial charge in [0.05, 0.1) is 28.8 Å². The summed E-state index contributed by atoms with van der Waals surface area (Å²) < 4.78 is 6.00. The number of amides is 2. The van der Waals surface area contributed by atoms with Crippen LogP contribution in [0.25, 0.3) is 49.9 Å². The van der Waals surface area contributed by atoms with E-state index in [1.807, 2.05) is 149 Å². The van der Waals surface area contributed by atoms with E-state index in [9.17, 15) is 9.59 Å². The van der Waals surface area contributed by atoms with E-state index < -0.39 is 0 Å². The first kappa shape index (κ1) is 47.0. The third kappa shape index (κ3) is 10.4. The Morgan fingerprint density at radius 1 is 0.721 bits per heavy atom. The zero-order chi connectivity index (χ0) is 47.7. The van der Waals surface area contributed by atoms with Gasteiger partial charge in [-0.05, 0) is 133 Å². The Labute approximate surface area is 401 Å². The number of carbonyl (C=O) groups is 2. The van der Waals surface area contributed by atoms with Gasteiger partial charge in [0, 0.05) is 69.0 Å². The number of aromatic nitrogens is 3. The maximum Gasteiger partial charge on any atom is 0.254 e. The topological polar surface area (TPSA) is 107 Å². The number of H-pyrrole nitrogens is 1. The van der Waals surface area contributed by atoms with Gasteiger partial charge in [-0.1, -0.05) is 92.7 Å². The smallest absolute Gasteiger partial charge is 0.254 e. The van der Waals surface area contributed by atoms with Crippen LogP contribution in [0.4, 0.5) is 0 Å². The van der Waals surface area contributed by atoms with E-state index in [2.05, 4.69) is 81.0 Å². The van der Waals surface area contributed by atoms with Gasteiger partial charge >= 0.3 is 0 Å². The number of para-hydroxylation sites is 1. The fraction of sp³-hybridized carbons (Fsp3) is 0.241. The lowest BCUT2D eigenvalue weighted by Crippen LogP contribution is -2.32. The van der Waals surface area contributed by atoms with Crippen molar-refractivity contribution >= 4 is 39.4 Å². The number of fused-ring (bicyclic) bond motifs is 4. The summed E-state index contributed by atoms with van der Waals surface area (Å²) >= 11 is 0. The molecule has 0 aliphatic carbocycles. The summed E-state index contributed by atoms with van der Waals surface area (Å²) in [6.45, 7) is 12.9. The van der Waals surface area contributed by atoms with Crippen molar-refractivity contribution < 1.29 is 15.8 Å². The van der Waals surface area contributed by atoms with Gasteiger partial charge in [0.2, 0.25) is 0 Å². The van der Waals surface area contributed by atoms with E-state index in [0.29, 0.717) is 31.8 Å². The summed E-state index contributed by atoms with van der Waals surface area (Å²) in [4.78, 5) is 42.9. The third-order valence-electron chi connectivity index (χ3n) is 12.7. The van der Waals surface area contributed by atoms with Crippen molar-refractivity contribution in [1.29, 1.82) is 0 Å². The summed E-state index contributed by atoms with van der Waals surface area (Å²) in [7, 11) is 3.84. The number of aromatic amines is 1. The number of pyridine rings is 1. The molecular formula is C58H63N7O3. The number of nitrogens with one attached hydrogen (secondary N) is 2. The molecule has 348 valence electrons. The predicted octanol–water partition coefficient (Wildman–Crippen LogP) is 12.1. The number of hydrogen-bond donors (Lipinski definition) is 2. The zero-order valence-corrected chi connectivity index (χ0v) is 40.3. The van der Waals surface area contributed by atoms with Gasteiger partial charge in [0.1, 0.15) is 18.2 Å². The van der Waals surface area contributed by atoms with E-state index in [-0.39, 0.29) is 13.2 Å². The average Bonchev–Trinajstić information content (AvgIpc) is 3.49. The first-order valence-corrected chi connectivity index (χ1v) is 23.7. The molecule has 2 amide bonds. The fourth-order valence-electron chi connectivity index (χ4n) is 9.03. The van der Waals surface area contributed by atoms with Gasteiger partial charge in [-0.3, -0.25) is 14.6 Å². The highest BCUT2D eigenvalue weighted by Crippen LogP contribution is 2.32. The van der Waals surface area contributed by atoms with Crippen LogP contribution in [0.3, 0.4) is 0 Å². The van der Waals surface area contributed by atoms with Crippen molar-refractivity contribution in [2.45, 2.75) is 60.5 Å². The van der Waals surface area contributed by atoms with Crippen molar-refractivity contribution in [2.24, 2.45) is 0 Å². The Hall–Kier alpha value is -7.56. The molecule has 0 fully saturated rings. The van der Waals surface area contributed by atoms with Crippen LogP contribution in [0, 0.1) is 13.8 Å². The summed E-state index contributed by atoms with van der Waals surface area (Å²) in [5.74, 6) is 1.88. The van der Waals surface area contributed by atoms with Crippen LogP contribution >= 0.6 is 0 Å². The highest BCUT2D eigenvalue weighted by atomic mass is 16.5. The molecule has 10 heteroatoms. The Balaban J connectivity index is 0.000000197. The molecule has 0 saturated heterocycles. The molecule has 10 rings (SSSR count). The van der Waals surface area contributed by atoms with Crippen molar-refractivity contribution in [2.75, 3.05) is 33.8 Å². The minimum atomic E-state index is -0.000209. The van der Waals surface area contributed by atoms with Crippen LogP contribution < -0.4 is 10.2 Å². The van der Waals surface area contributed by atoms with E-state index in [1.54, 1.807) is 0 Å². The molecule has 0 radical (unpaired) electrons. The standard InChI is InChI=1S/C30H30N4O2.C26H25N3O.C2H6.H2/c1-4-28(33(3)31-2)21-9-11-22(12-10-21)30(35)34-15-16-36-29-14-13-23(17-26(29)20-34)25-18-24-7-5-6-8-27(24)32-19-25;1-17-6-3-4-8-23(17)26(30)29-13-5-7-19-9-10-20(14-22(19)16-29)21-11-12-24-25(15-21)28-18(2)27-24;1-2;/h4-14,17-19,31H,15-16,20H2,1-3H3;3-4,6,8-12,14-15H,5,7,13,16H2,1-2H3,(H,27,28);1-2H3;1H/b28-4-;;;. The molecular weight excluding hydrogens is 843 g/mol. The molecule has 2 aliphatic rings. The van der Waals surface area contributed by atoms with Crippen LogP contribution in [0.15, 0.2) is 146 Å². The number of aryl methyl sites for hydroxylation is 3. The van der Waals surface area contributed by atoms with Gasteiger partial charge in [-0.25, -0.2) is 10.4 Å². The number of ether oxygens (including phenoxy) is 1. The monoisotopic (exact) mass is 905 g/mol. The van der Waals surface area contributed by atoms with Crippen LogP contribution in [-0.4, -0.2) is 75.4 Å². The maximum absolute atomic E-state index is 13.4. The number of hydrogen-bond acceptors (Lipinski definition) is 7. The third-order valence-corrected chi connectivity index (χ3v) is 12.7. The Morgan fingerprint density at radius 2 is 1.40 bits per heavy atom. The van der Waals surface area contributed by atoms with E-state index in [4.69, 9.17) is 4.74 Å². The lowest BCUT2D eigenvalue weighted by Gasteiger charge is -2.22. The minimum absolute atomic E-state index is 0. The lowest BCUT2D eigenvalue weighted by molar-refractivity contribution is 0.0730. The van der Waals surface area contributed by atoms with Gasteiger partial charge in [-0.15, -0.1) is 0 Å². The SMILES string of the molecule is C/C=C(/c1ccc(C(=O)N2CCOc3ccc(-c4cnc5ccccc5c4)cc3C2)cc1)N(C)NC.CC.Cc1nc2ccc(-c3ccc4c(c3)CN(C(=O)c3ccccc3C)CCC4)cc2[nH]1.[HH].